The van der Waals surface area contributed by atoms with Crippen molar-refractivity contribution in [2.45, 2.75) is 75.2 Å². The van der Waals surface area contributed by atoms with Gasteiger partial charge in [-0.15, -0.1) is 5.92 Å². The number of hydrogen-bond acceptors (Lipinski definition) is 6. The molecule has 6 atom stereocenters. The van der Waals surface area contributed by atoms with Gasteiger partial charge in [-0.3, -0.25) is 4.79 Å². The number of Topliss-reactive ketones (excluding diaryl/α,β-unsaturated/α-hetero) is 1. The van der Waals surface area contributed by atoms with E-state index < -0.39 is 11.5 Å². The first-order chi connectivity index (χ1) is 20.8. The predicted molar refractivity (Wildman–Crippen MR) is 164 cm³/mol. The molecule has 6 heteroatoms. The molecule has 0 bridgehead atoms. The molecule has 224 valence electrons. The van der Waals surface area contributed by atoms with E-state index in [1.807, 2.05) is 24.3 Å². The zero-order chi connectivity index (χ0) is 30.1. The van der Waals surface area contributed by atoms with Crippen LogP contribution in [0.1, 0.15) is 73.1 Å². The van der Waals surface area contributed by atoms with E-state index >= 15 is 0 Å². The first kappa shape index (κ1) is 29.1. The largest absolute Gasteiger partial charge is 0.504 e. The summed E-state index contributed by atoms with van der Waals surface area (Å²) in [4.78, 5) is 13.8. The van der Waals surface area contributed by atoms with Gasteiger partial charge in [-0.2, -0.15) is 0 Å². The normalized spacial score (nSPS) is 28.7. The van der Waals surface area contributed by atoms with Crippen LogP contribution in [0.2, 0.25) is 0 Å². The summed E-state index contributed by atoms with van der Waals surface area (Å²) in [5.74, 6) is 6.81. The number of aliphatic hydroxyl groups excluding tert-OH is 1. The van der Waals surface area contributed by atoms with Crippen LogP contribution in [0.4, 0.5) is 0 Å². The highest BCUT2D eigenvalue weighted by Crippen LogP contribution is 2.59. The van der Waals surface area contributed by atoms with Gasteiger partial charge in [0.2, 0.25) is 0 Å². The highest BCUT2D eigenvalue weighted by molar-refractivity contribution is 5.80. The molecule has 4 N–H and O–H groups in total. The van der Waals surface area contributed by atoms with Crippen LogP contribution in [0, 0.1) is 29.6 Å². The third-order valence-electron chi connectivity index (χ3n) is 10.4. The van der Waals surface area contributed by atoms with Crippen molar-refractivity contribution < 1.29 is 30.0 Å². The Bertz CT molecular complexity index is 1550. The number of aromatic hydroxyl groups is 3. The van der Waals surface area contributed by atoms with Crippen LogP contribution >= 0.6 is 0 Å². The van der Waals surface area contributed by atoms with Gasteiger partial charge in [0.05, 0.1) is 13.2 Å². The van der Waals surface area contributed by atoms with E-state index in [0.29, 0.717) is 24.5 Å². The van der Waals surface area contributed by atoms with Crippen molar-refractivity contribution in [1.29, 1.82) is 0 Å². The Morgan fingerprint density at radius 1 is 0.953 bits per heavy atom. The summed E-state index contributed by atoms with van der Waals surface area (Å²) in [7, 11) is 1.51. The lowest BCUT2D eigenvalue weighted by atomic mass is 9.56. The summed E-state index contributed by atoms with van der Waals surface area (Å²) in [6.07, 6.45) is 5.12. The summed E-state index contributed by atoms with van der Waals surface area (Å²) < 4.78 is 5.40. The van der Waals surface area contributed by atoms with Gasteiger partial charge in [-0.25, -0.2) is 0 Å². The van der Waals surface area contributed by atoms with E-state index in [4.69, 9.17) is 4.74 Å². The molecule has 1 saturated carbocycles. The zero-order valence-electron chi connectivity index (χ0n) is 24.6. The standard InChI is InChI=1S/C37H40O6/c1-43-36-19-25(13-15-32(36)39)29-20-28(38)21-33(40)30(11-5-9-24(29)17-23-7-3-2-4-8-23)37-16-6-10-27(37)14-12-26-18-34(41)35(42)22-31(26)37/h2-4,7-8,13,15,18-19,22,24,27,29-30,33,39-42H,6,10-12,14,16-17,20-21H2,1H3/t24-,27+,29+,30+,33-,37+/m0/s1. The van der Waals surface area contributed by atoms with Crippen molar-refractivity contribution in [1.82, 2.24) is 0 Å². The number of carbonyl (C=O) groups excluding carboxylic acids is 1. The summed E-state index contributed by atoms with van der Waals surface area (Å²) in [6, 6.07) is 18.8. The number of benzene rings is 3. The van der Waals surface area contributed by atoms with Gasteiger partial charge in [0.25, 0.3) is 0 Å². The maximum atomic E-state index is 13.8. The average molecular weight is 581 g/mol. The van der Waals surface area contributed by atoms with Gasteiger partial charge in [0, 0.05) is 42.4 Å². The molecule has 6 nitrogen and oxygen atoms in total. The van der Waals surface area contributed by atoms with Crippen molar-refractivity contribution in [3.63, 3.8) is 0 Å². The third-order valence-corrected chi connectivity index (χ3v) is 10.4. The lowest BCUT2D eigenvalue weighted by Gasteiger charge is -2.48. The molecule has 0 unspecified atom stereocenters. The molecule has 43 heavy (non-hydrogen) atoms. The monoisotopic (exact) mass is 580 g/mol. The molecule has 0 aliphatic heterocycles. The van der Waals surface area contributed by atoms with Crippen molar-refractivity contribution in [2.24, 2.45) is 17.8 Å². The molecule has 6 rings (SSSR count). The number of phenols is 3. The summed E-state index contributed by atoms with van der Waals surface area (Å²) in [5, 5.41) is 42.9. The predicted octanol–water partition coefficient (Wildman–Crippen LogP) is 6.17. The van der Waals surface area contributed by atoms with Crippen LogP contribution in [-0.2, 0) is 23.1 Å². The van der Waals surface area contributed by atoms with Crippen molar-refractivity contribution >= 4 is 5.78 Å². The second kappa shape index (κ2) is 12.0. The number of carbonyl (C=O) groups is 1. The molecule has 1 fully saturated rings. The van der Waals surface area contributed by atoms with Crippen LogP contribution in [-0.4, -0.2) is 39.4 Å². The minimum absolute atomic E-state index is 0.0214. The van der Waals surface area contributed by atoms with Gasteiger partial charge in [0.15, 0.2) is 23.0 Å². The SMILES string of the molecule is COc1cc([C@@H]2CC(=O)C[C@H](O)[C@H]([C@@]34CCC[C@@H]3CCc3cc(O)c(O)cc34)CC#C[C@H]2Cc2ccccc2)ccc1O. The fourth-order valence-electron chi connectivity index (χ4n) is 8.38. The number of methoxy groups -OCH3 is 1. The van der Waals surface area contributed by atoms with Crippen molar-refractivity contribution in [3.8, 4) is 34.8 Å². The second-order valence-electron chi connectivity index (χ2n) is 12.6. The topological polar surface area (TPSA) is 107 Å². The average Bonchev–Trinajstić information content (AvgIpc) is 3.44. The van der Waals surface area contributed by atoms with E-state index in [0.717, 1.165) is 54.4 Å². The van der Waals surface area contributed by atoms with E-state index in [-0.39, 0.29) is 53.6 Å². The summed E-state index contributed by atoms with van der Waals surface area (Å²) in [5.41, 5.74) is 3.60. The number of phenolic OH excluding ortho intramolecular Hbond substituents is 3. The van der Waals surface area contributed by atoms with Gasteiger partial charge >= 0.3 is 0 Å². The van der Waals surface area contributed by atoms with Crippen molar-refractivity contribution in [2.75, 3.05) is 7.11 Å². The number of hydrogen-bond donors (Lipinski definition) is 4. The number of aryl methyl sites for hydroxylation is 1. The summed E-state index contributed by atoms with van der Waals surface area (Å²) in [6.45, 7) is 0. The Hall–Kier alpha value is -3.95. The quantitative estimate of drug-likeness (QED) is 0.212. The maximum Gasteiger partial charge on any atom is 0.160 e. The molecule has 0 spiro atoms. The Balaban J connectivity index is 1.43. The molecule has 0 radical (unpaired) electrons. The van der Waals surface area contributed by atoms with Gasteiger partial charge in [-0.05, 0) is 84.5 Å². The first-order valence-corrected chi connectivity index (χ1v) is 15.4. The number of ketones is 1. The van der Waals surface area contributed by atoms with Crippen LogP contribution in [0.25, 0.3) is 0 Å². The van der Waals surface area contributed by atoms with E-state index in [9.17, 15) is 25.2 Å². The number of ether oxygens (including phenoxy) is 1. The lowest BCUT2D eigenvalue weighted by molar-refractivity contribution is -0.123. The summed E-state index contributed by atoms with van der Waals surface area (Å²) >= 11 is 0. The molecule has 3 aliphatic rings. The Morgan fingerprint density at radius 2 is 1.74 bits per heavy atom. The molecule has 3 aliphatic carbocycles. The number of aliphatic hydroxyl groups is 1. The first-order valence-electron chi connectivity index (χ1n) is 15.4. The van der Waals surface area contributed by atoms with Crippen LogP contribution < -0.4 is 4.74 Å². The van der Waals surface area contributed by atoms with Crippen LogP contribution in [0.5, 0.6) is 23.0 Å². The Morgan fingerprint density at radius 3 is 2.53 bits per heavy atom. The fraction of sp³-hybridized carbons (Fsp3) is 0.432. The maximum absolute atomic E-state index is 13.8. The molecule has 0 amide bonds. The van der Waals surface area contributed by atoms with Crippen LogP contribution in [0.15, 0.2) is 60.7 Å². The minimum atomic E-state index is -0.884. The molecular weight excluding hydrogens is 540 g/mol. The molecule has 0 heterocycles. The third kappa shape index (κ3) is 5.47. The van der Waals surface area contributed by atoms with E-state index in [1.165, 1.54) is 7.11 Å². The minimum Gasteiger partial charge on any atom is -0.504 e. The number of fused-ring (bicyclic) bond motifs is 3. The highest BCUT2D eigenvalue weighted by atomic mass is 16.5. The molecule has 3 aromatic rings. The molecule has 3 aromatic carbocycles. The zero-order valence-corrected chi connectivity index (χ0v) is 24.6. The highest BCUT2D eigenvalue weighted by Gasteiger charge is 2.54. The van der Waals surface area contributed by atoms with Gasteiger partial charge in [0.1, 0.15) is 5.78 Å². The van der Waals surface area contributed by atoms with Crippen LogP contribution in [0.3, 0.4) is 0 Å². The molecular formula is C37H40O6. The second-order valence-corrected chi connectivity index (χ2v) is 12.6. The Labute approximate surface area is 253 Å². The van der Waals surface area contributed by atoms with E-state index in [1.54, 1.807) is 24.3 Å². The molecule has 0 saturated heterocycles. The smallest absolute Gasteiger partial charge is 0.160 e. The molecule has 0 aromatic heterocycles. The number of rotatable bonds is 5. The Kier molecular flexibility index (Phi) is 8.11. The van der Waals surface area contributed by atoms with Crippen molar-refractivity contribution in [3.05, 3.63) is 82.9 Å². The lowest BCUT2D eigenvalue weighted by Crippen LogP contribution is -2.48. The van der Waals surface area contributed by atoms with E-state index in [2.05, 4.69) is 24.0 Å². The van der Waals surface area contributed by atoms with Gasteiger partial charge < -0.3 is 25.2 Å². The van der Waals surface area contributed by atoms with Gasteiger partial charge in [-0.1, -0.05) is 48.7 Å². The fourth-order valence-corrected chi connectivity index (χ4v) is 8.38.